The highest BCUT2D eigenvalue weighted by molar-refractivity contribution is 7.07. The van der Waals surface area contributed by atoms with Crippen molar-refractivity contribution in [3.63, 3.8) is 0 Å². The first-order chi connectivity index (χ1) is 8.33. The molecule has 0 aliphatic carbocycles. The molecule has 0 saturated heterocycles. The lowest BCUT2D eigenvalue weighted by molar-refractivity contribution is 0.413. The van der Waals surface area contributed by atoms with Gasteiger partial charge in [-0.15, -0.1) is 11.3 Å². The standard InChI is InChI=1S/C12H15N3OS/c1-16-10-4-2-3-9(5-10)6-11(15-13)12-7-17-8-14-12/h2-5,7-8,11,15H,6,13H2,1H3. The van der Waals surface area contributed by atoms with Crippen molar-refractivity contribution in [2.24, 2.45) is 5.84 Å². The molecule has 0 aliphatic heterocycles. The van der Waals surface area contributed by atoms with E-state index in [1.165, 1.54) is 5.56 Å². The number of hydrogen-bond acceptors (Lipinski definition) is 5. The van der Waals surface area contributed by atoms with Gasteiger partial charge in [0.25, 0.3) is 0 Å². The zero-order valence-electron chi connectivity index (χ0n) is 9.59. The molecule has 1 aromatic heterocycles. The van der Waals surface area contributed by atoms with E-state index in [-0.39, 0.29) is 6.04 Å². The second-order valence-corrected chi connectivity index (χ2v) is 4.41. The quantitative estimate of drug-likeness (QED) is 0.627. The molecule has 1 atom stereocenters. The average Bonchev–Trinajstić information content (AvgIpc) is 2.90. The van der Waals surface area contributed by atoms with Crippen LogP contribution in [0.4, 0.5) is 0 Å². The van der Waals surface area contributed by atoms with Crippen LogP contribution in [0.1, 0.15) is 17.3 Å². The van der Waals surface area contributed by atoms with Crippen LogP contribution in [0.15, 0.2) is 35.2 Å². The number of nitrogens with zero attached hydrogens (tertiary/aromatic N) is 1. The number of ether oxygens (including phenoxy) is 1. The van der Waals surface area contributed by atoms with Gasteiger partial charge in [0.05, 0.1) is 24.4 Å². The summed E-state index contributed by atoms with van der Waals surface area (Å²) in [5.41, 5.74) is 6.74. The number of nitrogens with two attached hydrogens (primary N) is 1. The Bertz CT molecular complexity index is 459. The fourth-order valence-electron chi connectivity index (χ4n) is 1.68. The summed E-state index contributed by atoms with van der Waals surface area (Å²) < 4.78 is 5.20. The molecule has 0 aliphatic rings. The topological polar surface area (TPSA) is 60.2 Å². The SMILES string of the molecule is COc1cccc(CC(NN)c2cscn2)c1. The molecule has 90 valence electrons. The molecule has 1 aromatic carbocycles. The molecule has 2 aromatic rings. The Labute approximate surface area is 104 Å². The predicted molar refractivity (Wildman–Crippen MR) is 68.9 cm³/mol. The second-order valence-electron chi connectivity index (χ2n) is 3.69. The summed E-state index contributed by atoms with van der Waals surface area (Å²) in [6.45, 7) is 0. The highest BCUT2D eigenvalue weighted by atomic mass is 32.1. The van der Waals surface area contributed by atoms with E-state index in [9.17, 15) is 0 Å². The number of benzene rings is 1. The van der Waals surface area contributed by atoms with Crippen molar-refractivity contribution < 1.29 is 4.74 Å². The number of thiazole rings is 1. The summed E-state index contributed by atoms with van der Waals surface area (Å²) in [5, 5.41) is 2.00. The molecule has 0 saturated carbocycles. The smallest absolute Gasteiger partial charge is 0.119 e. The Balaban J connectivity index is 2.13. The van der Waals surface area contributed by atoms with Crippen molar-refractivity contribution in [3.05, 3.63) is 46.4 Å². The first-order valence-corrected chi connectivity index (χ1v) is 6.25. The second kappa shape index (κ2) is 5.77. The van der Waals surface area contributed by atoms with Crippen LogP contribution in [-0.4, -0.2) is 12.1 Å². The summed E-state index contributed by atoms with van der Waals surface area (Å²) in [6.07, 6.45) is 0.789. The molecular weight excluding hydrogens is 234 g/mol. The van der Waals surface area contributed by atoms with Crippen LogP contribution in [-0.2, 0) is 6.42 Å². The van der Waals surface area contributed by atoms with Crippen molar-refractivity contribution in [1.82, 2.24) is 10.4 Å². The maximum atomic E-state index is 5.57. The molecule has 5 heteroatoms. The summed E-state index contributed by atoms with van der Waals surface area (Å²) in [7, 11) is 1.66. The number of hydrazine groups is 1. The van der Waals surface area contributed by atoms with Crippen molar-refractivity contribution in [1.29, 1.82) is 0 Å². The highest BCUT2D eigenvalue weighted by Gasteiger charge is 2.12. The number of methoxy groups -OCH3 is 1. The largest absolute Gasteiger partial charge is 0.497 e. The van der Waals surface area contributed by atoms with E-state index in [4.69, 9.17) is 10.6 Å². The van der Waals surface area contributed by atoms with Gasteiger partial charge < -0.3 is 4.74 Å². The van der Waals surface area contributed by atoms with Crippen molar-refractivity contribution in [3.8, 4) is 5.75 Å². The number of nitrogens with one attached hydrogen (secondary N) is 1. The van der Waals surface area contributed by atoms with Gasteiger partial charge in [-0.3, -0.25) is 11.3 Å². The predicted octanol–water partition coefficient (Wildman–Crippen LogP) is 1.90. The van der Waals surface area contributed by atoms with Crippen LogP contribution in [0, 0.1) is 0 Å². The minimum absolute atomic E-state index is 0.0355. The summed E-state index contributed by atoms with van der Waals surface area (Å²) in [5.74, 6) is 6.42. The number of aromatic nitrogens is 1. The van der Waals surface area contributed by atoms with Gasteiger partial charge in [-0.1, -0.05) is 12.1 Å². The fraction of sp³-hybridized carbons (Fsp3) is 0.250. The van der Waals surface area contributed by atoms with Gasteiger partial charge >= 0.3 is 0 Å². The number of rotatable bonds is 5. The summed E-state index contributed by atoms with van der Waals surface area (Å²) in [4.78, 5) is 4.27. The van der Waals surface area contributed by atoms with E-state index < -0.39 is 0 Å². The highest BCUT2D eigenvalue weighted by Crippen LogP contribution is 2.20. The minimum atomic E-state index is 0.0355. The Kier molecular flexibility index (Phi) is 4.08. The van der Waals surface area contributed by atoms with Gasteiger partial charge in [0.15, 0.2) is 0 Å². The molecule has 0 bridgehead atoms. The number of hydrogen-bond donors (Lipinski definition) is 2. The van der Waals surface area contributed by atoms with Gasteiger partial charge in [-0.05, 0) is 24.1 Å². The summed E-state index contributed by atoms with van der Waals surface area (Å²) >= 11 is 1.57. The Morgan fingerprint density at radius 2 is 2.41 bits per heavy atom. The first-order valence-electron chi connectivity index (χ1n) is 5.30. The Morgan fingerprint density at radius 1 is 1.53 bits per heavy atom. The Hall–Kier alpha value is -1.43. The van der Waals surface area contributed by atoms with Crippen molar-refractivity contribution in [2.45, 2.75) is 12.5 Å². The molecule has 0 fully saturated rings. The lowest BCUT2D eigenvalue weighted by atomic mass is 10.0. The molecule has 4 nitrogen and oxygen atoms in total. The van der Waals surface area contributed by atoms with Crippen molar-refractivity contribution >= 4 is 11.3 Å². The van der Waals surface area contributed by atoms with Gasteiger partial charge in [0, 0.05) is 5.38 Å². The molecule has 3 N–H and O–H groups in total. The van der Waals surface area contributed by atoms with Gasteiger partial charge in [-0.2, -0.15) is 0 Å². The van der Waals surface area contributed by atoms with E-state index in [2.05, 4.69) is 16.5 Å². The average molecular weight is 249 g/mol. The zero-order valence-corrected chi connectivity index (χ0v) is 10.4. The maximum absolute atomic E-state index is 5.57. The van der Waals surface area contributed by atoms with Crippen LogP contribution < -0.4 is 16.0 Å². The molecule has 0 spiro atoms. The molecule has 0 radical (unpaired) electrons. The normalized spacial score (nSPS) is 12.4. The van der Waals surface area contributed by atoms with Gasteiger partial charge in [0.1, 0.15) is 5.75 Å². The van der Waals surface area contributed by atoms with E-state index in [1.54, 1.807) is 18.4 Å². The molecule has 1 heterocycles. The molecule has 17 heavy (non-hydrogen) atoms. The molecule has 1 unspecified atom stereocenters. The van der Waals surface area contributed by atoms with E-state index >= 15 is 0 Å². The minimum Gasteiger partial charge on any atom is -0.497 e. The van der Waals surface area contributed by atoms with E-state index in [0.717, 1.165) is 17.9 Å². The third-order valence-electron chi connectivity index (χ3n) is 2.58. The van der Waals surface area contributed by atoms with Crippen LogP contribution >= 0.6 is 11.3 Å². The Morgan fingerprint density at radius 3 is 3.06 bits per heavy atom. The maximum Gasteiger partial charge on any atom is 0.119 e. The third-order valence-corrected chi connectivity index (χ3v) is 3.19. The third kappa shape index (κ3) is 3.03. The lowest BCUT2D eigenvalue weighted by Crippen LogP contribution is -2.29. The molecular formula is C12H15N3OS. The van der Waals surface area contributed by atoms with Crippen molar-refractivity contribution in [2.75, 3.05) is 7.11 Å². The first kappa shape index (κ1) is 12.0. The van der Waals surface area contributed by atoms with Crippen LogP contribution in [0.5, 0.6) is 5.75 Å². The van der Waals surface area contributed by atoms with Crippen LogP contribution in [0.2, 0.25) is 0 Å². The lowest BCUT2D eigenvalue weighted by Gasteiger charge is -2.14. The van der Waals surface area contributed by atoms with Crippen LogP contribution in [0.25, 0.3) is 0 Å². The van der Waals surface area contributed by atoms with E-state index in [1.807, 2.05) is 29.1 Å². The fourth-order valence-corrected chi connectivity index (χ4v) is 2.29. The zero-order chi connectivity index (χ0) is 12.1. The monoisotopic (exact) mass is 249 g/mol. The van der Waals surface area contributed by atoms with Crippen LogP contribution in [0.3, 0.4) is 0 Å². The summed E-state index contributed by atoms with van der Waals surface area (Å²) in [6, 6.07) is 8.00. The molecule has 2 rings (SSSR count). The van der Waals surface area contributed by atoms with Gasteiger partial charge in [-0.25, -0.2) is 4.98 Å². The van der Waals surface area contributed by atoms with Gasteiger partial charge in [0.2, 0.25) is 0 Å². The van der Waals surface area contributed by atoms with E-state index in [0.29, 0.717) is 0 Å². The molecule has 0 amide bonds.